The maximum Gasteiger partial charge on any atom is 0.157 e. The predicted octanol–water partition coefficient (Wildman–Crippen LogP) is 5.18. The number of Topliss-reactive ketones (excluding diaryl/α,β-unsaturated/α-hetero) is 1. The van der Waals surface area contributed by atoms with Gasteiger partial charge in [-0.15, -0.1) is 5.10 Å². The maximum atomic E-state index is 13.8. The molecule has 1 aromatic heterocycles. The number of halogens is 1. The summed E-state index contributed by atoms with van der Waals surface area (Å²) in [6.07, 6.45) is 9.66. The van der Waals surface area contributed by atoms with Crippen LogP contribution in [0.5, 0.6) is 0 Å². The second-order valence-electron chi connectivity index (χ2n) is 12.6. The summed E-state index contributed by atoms with van der Waals surface area (Å²) >= 11 is 0. The van der Waals surface area contributed by atoms with Crippen molar-refractivity contribution in [1.82, 2.24) is 15.0 Å². The van der Waals surface area contributed by atoms with Gasteiger partial charge in [0.05, 0.1) is 17.7 Å². The van der Waals surface area contributed by atoms with Crippen LogP contribution in [-0.4, -0.2) is 44.7 Å². The molecule has 0 radical (unpaired) electrons. The fourth-order valence-corrected chi connectivity index (χ4v) is 9.23. The molecule has 4 aliphatic carbocycles. The predicted molar refractivity (Wildman–Crippen MR) is 135 cm³/mol. The van der Waals surface area contributed by atoms with Crippen molar-refractivity contribution >= 4 is 16.8 Å². The minimum absolute atomic E-state index is 0.0385. The zero-order valence-corrected chi connectivity index (χ0v) is 21.7. The highest BCUT2D eigenvalue weighted by atomic mass is 19.1. The Bertz CT molecular complexity index is 1140. The van der Waals surface area contributed by atoms with E-state index in [9.17, 15) is 14.3 Å². The van der Waals surface area contributed by atoms with E-state index in [1.165, 1.54) is 31.4 Å². The number of aromatic nitrogens is 3. The third-order valence-electron chi connectivity index (χ3n) is 10.8. The number of nitrogens with zero attached hydrogens (tertiary/aromatic N) is 3. The molecule has 1 aromatic carbocycles. The van der Waals surface area contributed by atoms with Gasteiger partial charge in [0.1, 0.15) is 17.9 Å². The van der Waals surface area contributed by atoms with Crippen molar-refractivity contribution in [2.24, 2.45) is 40.9 Å². The molecule has 4 fully saturated rings. The van der Waals surface area contributed by atoms with Gasteiger partial charge in [0.2, 0.25) is 0 Å². The zero-order valence-electron chi connectivity index (χ0n) is 21.7. The molecule has 196 valence electrons. The zero-order chi connectivity index (χ0) is 25.1. The smallest absolute Gasteiger partial charge is 0.157 e. The molecule has 0 amide bonds. The number of hydrogen-bond acceptors (Lipinski definition) is 5. The van der Waals surface area contributed by atoms with Crippen molar-refractivity contribution in [2.75, 3.05) is 13.2 Å². The molecule has 8 atom stereocenters. The molecule has 1 heterocycles. The van der Waals surface area contributed by atoms with Gasteiger partial charge in [0.15, 0.2) is 5.78 Å². The third kappa shape index (κ3) is 4.01. The summed E-state index contributed by atoms with van der Waals surface area (Å²) in [5.74, 6) is 3.27. The van der Waals surface area contributed by atoms with Crippen molar-refractivity contribution < 1.29 is 19.0 Å². The molecule has 6 nitrogen and oxygen atoms in total. The molecule has 6 rings (SSSR count). The number of benzene rings is 1. The van der Waals surface area contributed by atoms with E-state index in [1.54, 1.807) is 10.7 Å². The first-order valence-electron chi connectivity index (χ1n) is 14.1. The molecule has 7 heteroatoms. The molecule has 0 aliphatic heterocycles. The van der Waals surface area contributed by atoms with E-state index in [-0.39, 0.29) is 29.5 Å². The number of aliphatic hydroxyl groups is 1. The van der Waals surface area contributed by atoms with Crippen LogP contribution >= 0.6 is 0 Å². The van der Waals surface area contributed by atoms with Crippen molar-refractivity contribution in [2.45, 2.75) is 83.8 Å². The van der Waals surface area contributed by atoms with Gasteiger partial charge in [-0.3, -0.25) is 4.79 Å². The second-order valence-corrected chi connectivity index (χ2v) is 12.6. The van der Waals surface area contributed by atoms with Crippen LogP contribution in [0.1, 0.15) is 71.6 Å². The van der Waals surface area contributed by atoms with E-state index < -0.39 is 5.60 Å². The third-order valence-corrected chi connectivity index (χ3v) is 10.8. The standard InChI is InChI=1S/C29H40FN3O3/c1-3-36-17-29(35)13-11-20-18(15-29)4-6-22-21(20)10-12-28(2)23(22)7-8-24(28)27(34)16-33-26-14-19(30)5-9-25(26)31-32-33/h5,9,14,18,20-24,35H,3-4,6-8,10-13,15-17H2,1-2H3. The summed E-state index contributed by atoms with van der Waals surface area (Å²) in [6.45, 7) is 5.66. The largest absolute Gasteiger partial charge is 0.387 e. The van der Waals surface area contributed by atoms with Crippen molar-refractivity contribution in [3.05, 3.63) is 24.0 Å². The number of carbonyl (C=O) groups is 1. The molecule has 4 saturated carbocycles. The van der Waals surface area contributed by atoms with Crippen LogP contribution in [0.15, 0.2) is 18.2 Å². The van der Waals surface area contributed by atoms with Crippen LogP contribution in [0, 0.1) is 46.7 Å². The van der Waals surface area contributed by atoms with Gasteiger partial charge < -0.3 is 9.84 Å². The van der Waals surface area contributed by atoms with Gasteiger partial charge in [-0.2, -0.15) is 0 Å². The summed E-state index contributed by atoms with van der Waals surface area (Å²) in [6, 6.07) is 4.42. The van der Waals surface area contributed by atoms with Crippen molar-refractivity contribution in [3.63, 3.8) is 0 Å². The lowest BCUT2D eigenvalue weighted by molar-refractivity contribution is -0.138. The summed E-state index contributed by atoms with van der Waals surface area (Å²) in [5, 5.41) is 19.4. The van der Waals surface area contributed by atoms with Gasteiger partial charge in [-0.25, -0.2) is 9.07 Å². The van der Waals surface area contributed by atoms with Gasteiger partial charge in [0.25, 0.3) is 0 Å². The maximum absolute atomic E-state index is 13.8. The van der Waals surface area contributed by atoms with Gasteiger partial charge in [-0.1, -0.05) is 12.1 Å². The van der Waals surface area contributed by atoms with Crippen LogP contribution in [0.4, 0.5) is 4.39 Å². The van der Waals surface area contributed by atoms with E-state index >= 15 is 0 Å². The van der Waals surface area contributed by atoms with Crippen molar-refractivity contribution in [1.29, 1.82) is 0 Å². The molecular formula is C29H40FN3O3. The highest BCUT2D eigenvalue weighted by Crippen LogP contribution is 2.64. The summed E-state index contributed by atoms with van der Waals surface area (Å²) in [7, 11) is 0. The lowest BCUT2D eigenvalue weighted by atomic mass is 9.49. The Morgan fingerprint density at radius 1 is 1.14 bits per heavy atom. The topological polar surface area (TPSA) is 77.2 Å². The Labute approximate surface area is 213 Å². The van der Waals surface area contributed by atoms with E-state index in [2.05, 4.69) is 17.2 Å². The first kappa shape index (κ1) is 24.5. The molecule has 8 unspecified atom stereocenters. The summed E-state index contributed by atoms with van der Waals surface area (Å²) in [5.41, 5.74) is 0.605. The van der Waals surface area contributed by atoms with E-state index in [0.29, 0.717) is 47.9 Å². The number of rotatable bonds is 6. The van der Waals surface area contributed by atoms with Gasteiger partial charge in [-0.05, 0) is 112 Å². The molecule has 0 bridgehead atoms. The Kier molecular flexibility index (Phi) is 6.23. The molecule has 4 aliphatic rings. The summed E-state index contributed by atoms with van der Waals surface area (Å²) in [4.78, 5) is 13.6. The molecule has 36 heavy (non-hydrogen) atoms. The highest BCUT2D eigenvalue weighted by Gasteiger charge is 2.59. The minimum atomic E-state index is -0.646. The highest BCUT2D eigenvalue weighted by molar-refractivity contribution is 5.84. The normalized spacial score (nSPS) is 40.0. The lowest BCUT2D eigenvalue weighted by Crippen LogP contribution is -2.52. The number of ketones is 1. The quantitative estimate of drug-likeness (QED) is 0.595. The van der Waals surface area contributed by atoms with E-state index in [4.69, 9.17) is 4.74 Å². The van der Waals surface area contributed by atoms with Crippen LogP contribution in [0.25, 0.3) is 11.0 Å². The fraction of sp³-hybridized carbons (Fsp3) is 0.759. The SMILES string of the molecule is CCOCC1(O)CCC2C(CCC3C2CCC2(C)C(C(=O)Cn4nnc5ccc(F)cc54)CCC32)C1. The minimum Gasteiger partial charge on any atom is -0.387 e. The first-order chi connectivity index (χ1) is 17.3. The number of hydrogen-bond donors (Lipinski definition) is 1. The van der Waals surface area contributed by atoms with Crippen LogP contribution in [-0.2, 0) is 16.1 Å². The van der Waals surface area contributed by atoms with Gasteiger partial charge in [0, 0.05) is 18.6 Å². The average molecular weight is 498 g/mol. The van der Waals surface area contributed by atoms with Crippen LogP contribution < -0.4 is 0 Å². The number of ether oxygens (including phenoxy) is 1. The first-order valence-corrected chi connectivity index (χ1v) is 14.1. The molecule has 0 saturated heterocycles. The lowest BCUT2D eigenvalue weighted by Gasteiger charge is -2.57. The van der Waals surface area contributed by atoms with Crippen molar-refractivity contribution in [3.8, 4) is 0 Å². The average Bonchev–Trinajstić information content (AvgIpc) is 3.42. The number of carbonyl (C=O) groups excluding carboxylic acids is 1. The summed E-state index contributed by atoms with van der Waals surface area (Å²) < 4.78 is 21.0. The Morgan fingerprint density at radius 3 is 2.81 bits per heavy atom. The fourth-order valence-electron chi connectivity index (χ4n) is 9.23. The van der Waals surface area contributed by atoms with E-state index in [0.717, 1.165) is 44.4 Å². The molecule has 0 spiro atoms. The molecular weight excluding hydrogens is 457 g/mol. The number of fused-ring (bicyclic) bond motifs is 6. The monoisotopic (exact) mass is 497 g/mol. The molecule has 2 aromatic rings. The Morgan fingerprint density at radius 2 is 1.97 bits per heavy atom. The van der Waals surface area contributed by atoms with Crippen LogP contribution in [0.3, 0.4) is 0 Å². The Hall–Kier alpha value is -1.86. The molecule has 1 N–H and O–H groups in total. The van der Waals surface area contributed by atoms with Crippen LogP contribution in [0.2, 0.25) is 0 Å². The second kappa shape index (κ2) is 9.16. The Balaban J connectivity index is 1.15. The van der Waals surface area contributed by atoms with E-state index in [1.807, 2.05) is 6.92 Å². The van der Waals surface area contributed by atoms with Gasteiger partial charge >= 0.3 is 0 Å².